The lowest BCUT2D eigenvalue weighted by atomic mass is 9.80. The molecule has 0 saturated heterocycles. The first-order valence-electron chi connectivity index (χ1n) is 8.04. The van der Waals surface area contributed by atoms with Gasteiger partial charge in [0.2, 0.25) is 5.91 Å². The minimum Gasteiger partial charge on any atom is -0.335 e. The molecule has 0 spiro atoms. The molecule has 0 aromatic rings. The quantitative estimate of drug-likeness (QED) is 0.700. The van der Waals surface area contributed by atoms with E-state index in [1.807, 2.05) is 0 Å². The lowest BCUT2D eigenvalue weighted by Crippen LogP contribution is -2.50. The van der Waals surface area contributed by atoms with E-state index in [0.717, 1.165) is 19.4 Å². The third-order valence-electron chi connectivity index (χ3n) is 5.09. The van der Waals surface area contributed by atoms with E-state index in [1.54, 1.807) is 0 Å². The van der Waals surface area contributed by atoms with E-state index in [1.165, 1.54) is 32.1 Å². The van der Waals surface area contributed by atoms with Crippen LogP contribution in [0.4, 0.5) is 0 Å². The summed E-state index contributed by atoms with van der Waals surface area (Å²) in [4.78, 5) is 15.0. The van der Waals surface area contributed by atoms with Crippen molar-refractivity contribution in [3.8, 4) is 0 Å². The summed E-state index contributed by atoms with van der Waals surface area (Å²) in [6, 6.07) is 0.368. The molecule has 2 rings (SSSR count). The number of amides is 1. The standard InChI is InChI=1S/C17H29NO/c1-4-17(2,3)16(19)18-13-9-8-12-15(18)14-10-6-5-7-11-14/h8,12,14-15H,4-7,9-11,13H2,1-3H3/t15-/m0/s1. The Morgan fingerprint density at radius 1 is 1.26 bits per heavy atom. The molecule has 1 fully saturated rings. The fourth-order valence-corrected chi connectivity index (χ4v) is 3.37. The van der Waals surface area contributed by atoms with E-state index in [0.29, 0.717) is 17.9 Å². The van der Waals surface area contributed by atoms with Crippen LogP contribution in [0.5, 0.6) is 0 Å². The second-order valence-corrected chi connectivity index (χ2v) is 6.84. The van der Waals surface area contributed by atoms with E-state index < -0.39 is 0 Å². The lowest BCUT2D eigenvalue weighted by molar-refractivity contribution is -0.143. The predicted molar refractivity (Wildman–Crippen MR) is 79.9 cm³/mol. The van der Waals surface area contributed by atoms with Crippen molar-refractivity contribution in [2.75, 3.05) is 6.54 Å². The number of rotatable bonds is 3. The first-order chi connectivity index (χ1) is 9.06. The van der Waals surface area contributed by atoms with Crippen LogP contribution in [0.1, 0.15) is 65.7 Å². The summed E-state index contributed by atoms with van der Waals surface area (Å²) in [5.74, 6) is 1.05. The highest BCUT2D eigenvalue weighted by Gasteiger charge is 2.37. The highest BCUT2D eigenvalue weighted by Crippen LogP contribution is 2.34. The van der Waals surface area contributed by atoms with Crippen LogP contribution >= 0.6 is 0 Å². The van der Waals surface area contributed by atoms with Gasteiger partial charge in [0.05, 0.1) is 6.04 Å². The first kappa shape index (κ1) is 14.6. The van der Waals surface area contributed by atoms with Gasteiger partial charge in [-0.2, -0.15) is 0 Å². The molecule has 2 heteroatoms. The van der Waals surface area contributed by atoms with E-state index in [2.05, 4.69) is 37.8 Å². The minimum atomic E-state index is -0.210. The second-order valence-electron chi connectivity index (χ2n) is 6.84. The van der Waals surface area contributed by atoms with Crippen molar-refractivity contribution in [1.82, 2.24) is 4.90 Å². The number of hydrogen-bond donors (Lipinski definition) is 0. The van der Waals surface area contributed by atoms with Crippen molar-refractivity contribution in [3.05, 3.63) is 12.2 Å². The van der Waals surface area contributed by atoms with Crippen molar-refractivity contribution in [2.24, 2.45) is 11.3 Å². The largest absolute Gasteiger partial charge is 0.335 e. The molecule has 0 unspecified atom stereocenters. The van der Waals surface area contributed by atoms with Gasteiger partial charge in [-0.15, -0.1) is 0 Å². The Balaban J connectivity index is 2.13. The van der Waals surface area contributed by atoms with Crippen LogP contribution < -0.4 is 0 Å². The zero-order chi connectivity index (χ0) is 13.9. The highest BCUT2D eigenvalue weighted by atomic mass is 16.2. The SMILES string of the molecule is CCC(C)(C)C(=O)N1CCC=C[C@H]1C1CCCCC1. The third-order valence-corrected chi connectivity index (χ3v) is 5.09. The topological polar surface area (TPSA) is 20.3 Å². The number of nitrogens with zero attached hydrogens (tertiary/aromatic N) is 1. The Bertz CT molecular complexity index is 339. The lowest BCUT2D eigenvalue weighted by Gasteiger charge is -2.42. The second kappa shape index (κ2) is 6.11. The van der Waals surface area contributed by atoms with Gasteiger partial charge in [0, 0.05) is 12.0 Å². The molecule has 0 bridgehead atoms. The van der Waals surface area contributed by atoms with E-state index in [-0.39, 0.29) is 5.41 Å². The van der Waals surface area contributed by atoms with Gasteiger partial charge >= 0.3 is 0 Å². The Morgan fingerprint density at radius 3 is 2.58 bits per heavy atom. The van der Waals surface area contributed by atoms with Gasteiger partial charge in [-0.05, 0) is 31.6 Å². The van der Waals surface area contributed by atoms with Gasteiger partial charge in [-0.25, -0.2) is 0 Å². The van der Waals surface area contributed by atoms with Crippen molar-refractivity contribution < 1.29 is 4.79 Å². The van der Waals surface area contributed by atoms with Crippen LogP contribution in [0, 0.1) is 11.3 Å². The summed E-state index contributed by atoms with van der Waals surface area (Å²) in [5, 5.41) is 0. The maximum atomic E-state index is 12.8. The average Bonchev–Trinajstić information content (AvgIpc) is 2.47. The Labute approximate surface area is 118 Å². The summed E-state index contributed by atoms with van der Waals surface area (Å²) in [6.45, 7) is 7.21. The molecule has 1 aliphatic carbocycles. The molecular weight excluding hydrogens is 234 g/mol. The smallest absolute Gasteiger partial charge is 0.228 e. The van der Waals surface area contributed by atoms with Crippen LogP contribution in [0.25, 0.3) is 0 Å². The van der Waals surface area contributed by atoms with E-state index in [4.69, 9.17) is 0 Å². The minimum absolute atomic E-state index is 0.210. The van der Waals surface area contributed by atoms with Gasteiger partial charge in [0.15, 0.2) is 0 Å². The summed E-state index contributed by atoms with van der Waals surface area (Å²) >= 11 is 0. The Kier molecular flexibility index (Phi) is 4.70. The monoisotopic (exact) mass is 263 g/mol. The third kappa shape index (κ3) is 3.21. The van der Waals surface area contributed by atoms with Crippen LogP contribution in [0.2, 0.25) is 0 Å². The van der Waals surface area contributed by atoms with Crippen molar-refractivity contribution in [3.63, 3.8) is 0 Å². The normalized spacial score (nSPS) is 25.6. The zero-order valence-corrected chi connectivity index (χ0v) is 12.8. The van der Waals surface area contributed by atoms with Crippen molar-refractivity contribution in [2.45, 2.75) is 71.8 Å². The van der Waals surface area contributed by atoms with Crippen LogP contribution in [0.3, 0.4) is 0 Å². The molecule has 1 amide bonds. The summed E-state index contributed by atoms with van der Waals surface area (Å²) in [7, 11) is 0. The van der Waals surface area contributed by atoms with Crippen LogP contribution in [0.15, 0.2) is 12.2 Å². The van der Waals surface area contributed by atoms with Crippen LogP contribution in [-0.4, -0.2) is 23.4 Å². The van der Waals surface area contributed by atoms with Gasteiger partial charge < -0.3 is 4.90 Å². The molecule has 2 aliphatic rings. The van der Waals surface area contributed by atoms with Crippen molar-refractivity contribution >= 4 is 5.91 Å². The summed E-state index contributed by atoms with van der Waals surface area (Å²) < 4.78 is 0. The van der Waals surface area contributed by atoms with E-state index in [9.17, 15) is 4.79 Å². The molecule has 2 nitrogen and oxygen atoms in total. The van der Waals surface area contributed by atoms with Gasteiger partial charge in [-0.3, -0.25) is 4.79 Å². The first-order valence-corrected chi connectivity index (χ1v) is 8.04. The number of carbonyl (C=O) groups is 1. The molecule has 0 N–H and O–H groups in total. The molecule has 19 heavy (non-hydrogen) atoms. The van der Waals surface area contributed by atoms with Gasteiger partial charge in [-0.1, -0.05) is 52.2 Å². The molecule has 0 radical (unpaired) electrons. The van der Waals surface area contributed by atoms with Gasteiger partial charge in [0.1, 0.15) is 0 Å². The Hall–Kier alpha value is -0.790. The maximum Gasteiger partial charge on any atom is 0.228 e. The summed E-state index contributed by atoms with van der Waals surface area (Å²) in [5.41, 5.74) is -0.210. The van der Waals surface area contributed by atoms with Crippen molar-refractivity contribution in [1.29, 1.82) is 0 Å². The molecule has 1 atom stereocenters. The van der Waals surface area contributed by atoms with Crippen LogP contribution in [-0.2, 0) is 4.79 Å². The number of hydrogen-bond acceptors (Lipinski definition) is 1. The summed E-state index contributed by atoms with van der Waals surface area (Å²) in [6.07, 6.45) is 13.2. The highest BCUT2D eigenvalue weighted by molar-refractivity contribution is 5.82. The number of carbonyl (C=O) groups excluding carboxylic acids is 1. The molecule has 1 saturated carbocycles. The maximum absolute atomic E-state index is 12.8. The van der Waals surface area contributed by atoms with E-state index >= 15 is 0 Å². The Morgan fingerprint density at radius 2 is 1.95 bits per heavy atom. The molecule has 108 valence electrons. The van der Waals surface area contributed by atoms with Gasteiger partial charge in [0.25, 0.3) is 0 Å². The fourth-order valence-electron chi connectivity index (χ4n) is 3.37. The molecule has 1 aliphatic heterocycles. The molecular formula is C17H29NO. The zero-order valence-electron chi connectivity index (χ0n) is 12.8. The average molecular weight is 263 g/mol. The predicted octanol–water partition coefficient (Wildman–Crippen LogP) is 4.16. The molecule has 0 aromatic heterocycles. The molecule has 1 heterocycles. The molecule has 0 aromatic carbocycles. The fraction of sp³-hybridized carbons (Fsp3) is 0.824.